The van der Waals surface area contributed by atoms with Gasteiger partial charge < -0.3 is 9.63 Å². The standard InChI is InChI=1S/C9H11N3O2S/c1-2-6(13)3-8-11-9(12-14-8)7-4-10-5-15-7/h4-6,13H,2-3H2,1H3. The molecule has 6 heteroatoms. The zero-order valence-electron chi connectivity index (χ0n) is 8.25. The Labute approximate surface area is 90.8 Å². The number of aliphatic hydroxyl groups excluding tert-OH is 1. The first-order chi connectivity index (χ1) is 7.29. The van der Waals surface area contributed by atoms with Gasteiger partial charge in [-0.2, -0.15) is 4.98 Å². The van der Waals surface area contributed by atoms with E-state index < -0.39 is 6.10 Å². The maximum atomic E-state index is 9.41. The van der Waals surface area contributed by atoms with Gasteiger partial charge in [-0.1, -0.05) is 12.1 Å². The third-order valence-electron chi connectivity index (χ3n) is 2.00. The van der Waals surface area contributed by atoms with Gasteiger partial charge in [0.15, 0.2) is 0 Å². The molecule has 2 rings (SSSR count). The van der Waals surface area contributed by atoms with Gasteiger partial charge in [0.25, 0.3) is 0 Å². The summed E-state index contributed by atoms with van der Waals surface area (Å²) in [6, 6.07) is 0. The lowest BCUT2D eigenvalue weighted by atomic mass is 10.2. The minimum Gasteiger partial charge on any atom is -0.393 e. The van der Waals surface area contributed by atoms with E-state index in [9.17, 15) is 5.11 Å². The van der Waals surface area contributed by atoms with Crippen LogP contribution >= 0.6 is 11.3 Å². The lowest BCUT2D eigenvalue weighted by Crippen LogP contribution is -2.08. The highest BCUT2D eigenvalue weighted by Gasteiger charge is 2.12. The second-order valence-electron chi connectivity index (χ2n) is 3.14. The fourth-order valence-electron chi connectivity index (χ4n) is 1.11. The van der Waals surface area contributed by atoms with Crippen LogP contribution in [0.5, 0.6) is 0 Å². The van der Waals surface area contributed by atoms with Crippen LogP contribution in [0.1, 0.15) is 19.2 Å². The van der Waals surface area contributed by atoms with Gasteiger partial charge in [-0.15, -0.1) is 11.3 Å². The summed E-state index contributed by atoms with van der Waals surface area (Å²) in [5.74, 6) is 1.00. The number of thiazole rings is 1. The van der Waals surface area contributed by atoms with Gasteiger partial charge in [-0.25, -0.2) is 0 Å². The molecule has 2 aromatic rings. The Kier molecular flexibility index (Phi) is 3.08. The second kappa shape index (κ2) is 4.50. The van der Waals surface area contributed by atoms with E-state index in [4.69, 9.17) is 4.52 Å². The molecule has 0 saturated heterocycles. The summed E-state index contributed by atoms with van der Waals surface area (Å²) in [7, 11) is 0. The molecule has 1 N–H and O–H groups in total. The Morgan fingerprint density at radius 1 is 1.60 bits per heavy atom. The summed E-state index contributed by atoms with van der Waals surface area (Å²) in [5.41, 5.74) is 1.71. The van der Waals surface area contributed by atoms with Crippen molar-refractivity contribution in [2.75, 3.05) is 0 Å². The molecule has 0 radical (unpaired) electrons. The summed E-state index contributed by atoms with van der Waals surface area (Å²) in [5, 5.41) is 13.2. The van der Waals surface area contributed by atoms with E-state index in [0.29, 0.717) is 24.6 Å². The van der Waals surface area contributed by atoms with E-state index >= 15 is 0 Å². The number of aromatic nitrogens is 3. The van der Waals surface area contributed by atoms with Crippen molar-refractivity contribution >= 4 is 11.3 Å². The zero-order chi connectivity index (χ0) is 10.7. The quantitative estimate of drug-likeness (QED) is 0.853. The smallest absolute Gasteiger partial charge is 0.229 e. The van der Waals surface area contributed by atoms with Crippen LogP contribution in [-0.2, 0) is 6.42 Å². The molecule has 0 aromatic carbocycles. The molecular weight excluding hydrogens is 214 g/mol. The Hall–Kier alpha value is -1.27. The molecule has 0 bridgehead atoms. The Morgan fingerprint density at radius 3 is 3.13 bits per heavy atom. The molecule has 0 saturated carbocycles. The van der Waals surface area contributed by atoms with Crippen molar-refractivity contribution in [3.8, 4) is 10.7 Å². The molecule has 0 spiro atoms. The van der Waals surface area contributed by atoms with Crippen molar-refractivity contribution < 1.29 is 9.63 Å². The van der Waals surface area contributed by atoms with Crippen molar-refractivity contribution in [3.63, 3.8) is 0 Å². The van der Waals surface area contributed by atoms with Gasteiger partial charge in [0, 0.05) is 6.20 Å². The molecule has 0 amide bonds. The molecule has 1 unspecified atom stereocenters. The maximum absolute atomic E-state index is 9.41. The van der Waals surface area contributed by atoms with E-state index in [1.165, 1.54) is 11.3 Å². The Bertz CT molecular complexity index is 413. The van der Waals surface area contributed by atoms with Crippen LogP contribution in [0.3, 0.4) is 0 Å². The van der Waals surface area contributed by atoms with Gasteiger partial charge in [0.1, 0.15) is 0 Å². The molecule has 0 aliphatic heterocycles. The zero-order valence-corrected chi connectivity index (χ0v) is 9.07. The van der Waals surface area contributed by atoms with Gasteiger partial charge in [-0.3, -0.25) is 4.98 Å². The summed E-state index contributed by atoms with van der Waals surface area (Å²) in [6.07, 6.45) is 2.36. The van der Waals surface area contributed by atoms with Crippen molar-refractivity contribution in [1.82, 2.24) is 15.1 Å². The third-order valence-corrected chi connectivity index (χ3v) is 2.77. The Morgan fingerprint density at radius 2 is 2.47 bits per heavy atom. The average molecular weight is 225 g/mol. The third kappa shape index (κ3) is 2.40. The van der Waals surface area contributed by atoms with Crippen molar-refractivity contribution in [3.05, 3.63) is 17.6 Å². The molecule has 80 valence electrons. The molecule has 1 atom stereocenters. The van der Waals surface area contributed by atoms with Crippen molar-refractivity contribution in [2.45, 2.75) is 25.9 Å². The van der Waals surface area contributed by atoms with Gasteiger partial charge in [-0.05, 0) is 6.42 Å². The first-order valence-electron chi connectivity index (χ1n) is 4.69. The van der Waals surface area contributed by atoms with E-state index in [0.717, 1.165) is 4.88 Å². The summed E-state index contributed by atoms with van der Waals surface area (Å²) >= 11 is 1.46. The topological polar surface area (TPSA) is 72.0 Å². The fourth-order valence-corrected chi connectivity index (χ4v) is 1.66. The second-order valence-corrected chi connectivity index (χ2v) is 4.03. The lowest BCUT2D eigenvalue weighted by Gasteiger charge is -2.01. The molecule has 0 fully saturated rings. The van der Waals surface area contributed by atoms with E-state index in [1.54, 1.807) is 11.7 Å². The van der Waals surface area contributed by atoms with Crippen molar-refractivity contribution in [1.29, 1.82) is 0 Å². The van der Waals surface area contributed by atoms with Crippen LogP contribution < -0.4 is 0 Å². The fraction of sp³-hybridized carbons (Fsp3) is 0.444. The van der Waals surface area contributed by atoms with Crippen LogP contribution in [0.4, 0.5) is 0 Å². The molecule has 0 aliphatic rings. The van der Waals surface area contributed by atoms with Crippen LogP contribution in [0.2, 0.25) is 0 Å². The molecule has 5 nitrogen and oxygen atoms in total. The predicted octanol–water partition coefficient (Wildman–Crippen LogP) is 1.51. The van der Waals surface area contributed by atoms with Gasteiger partial charge in [0.2, 0.25) is 11.7 Å². The maximum Gasteiger partial charge on any atom is 0.229 e. The largest absolute Gasteiger partial charge is 0.393 e. The molecule has 15 heavy (non-hydrogen) atoms. The highest BCUT2D eigenvalue weighted by atomic mass is 32.1. The normalized spacial score (nSPS) is 12.9. The number of rotatable bonds is 4. The average Bonchev–Trinajstić information content (AvgIpc) is 2.85. The number of hydrogen-bond acceptors (Lipinski definition) is 6. The number of aliphatic hydroxyl groups is 1. The minimum absolute atomic E-state index is 0.405. The SMILES string of the molecule is CCC(O)Cc1nc(-c2cncs2)no1. The van der Waals surface area contributed by atoms with Crippen LogP contribution in [0, 0.1) is 0 Å². The van der Waals surface area contributed by atoms with E-state index in [-0.39, 0.29) is 0 Å². The van der Waals surface area contributed by atoms with Gasteiger partial charge in [0.05, 0.1) is 22.9 Å². The first kappa shape index (κ1) is 10.3. The van der Waals surface area contributed by atoms with E-state index in [2.05, 4.69) is 15.1 Å². The Balaban J connectivity index is 2.11. The molecule has 2 heterocycles. The number of hydrogen-bond donors (Lipinski definition) is 1. The van der Waals surface area contributed by atoms with Crippen LogP contribution in [0.25, 0.3) is 10.7 Å². The monoisotopic (exact) mass is 225 g/mol. The van der Waals surface area contributed by atoms with E-state index in [1.807, 2.05) is 6.92 Å². The van der Waals surface area contributed by atoms with Crippen LogP contribution in [0.15, 0.2) is 16.2 Å². The predicted molar refractivity (Wildman–Crippen MR) is 55.4 cm³/mol. The highest BCUT2D eigenvalue weighted by Crippen LogP contribution is 2.19. The molecule has 0 aliphatic carbocycles. The van der Waals surface area contributed by atoms with Crippen LogP contribution in [-0.4, -0.2) is 26.3 Å². The molecular formula is C9H11N3O2S. The van der Waals surface area contributed by atoms with Gasteiger partial charge >= 0.3 is 0 Å². The first-order valence-corrected chi connectivity index (χ1v) is 5.57. The summed E-state index contributed by atoms with van der Waals surface area (Å²) in [6.45, 7) is 1.91. The highest BCUT2D eigenvalue weighted by molar-refractivity contribution is 7.13. The number of nitrogens with zero attached hydrogens (tertiary/aromatic N) is 3. The van der Waals surface area contributed by atoms with Crippen molar-refractivity contribution in [2.24, 2.45) is 0 Å². The lowest BCUT2D eigenvalue weighted by molar-refractivity contribution is 0.158. The minimum atomic E-state index is -0.417. The summed E-state index contributed by atoms with van der Waals surface area (Å²) < 4.78 is 5.02. The summed E-state index contributed by atoms with van der Waals surface area (Å²) in [4.78, 5) is 8.98. The molecule has 2 aromatic heterocycles.